The summed E-state index contributed by atoms with van der Waals surface area (Å²) in [7, 11) is 0. The summed E-state index contributed by atoms with van der Waals surface area (Å²) in [6.45, 7) is 3.65. The fourth-order valence-electron chi connectivity index (χ4n) is 2.03. The Balaban J connectivity index is 2.57. The predicted molar refractivity (Wildman–Crippen MR) is 81.9 cm³/mol. The molecule has 0 atom stereocenters. The van der Waals surface area contributed by atoms with Crippen LogP contribution in [0.5, 0.6) is 0 Å². The van der Waals surface area contributed by atoms with Gasteiger partial charge in [0.2, 0.25) is 5.91 Å². The van der Waals surface area contributed by atoms with Gasteiger partial charge in [-0.2, -0.15) is 4.99 Å². The van der Waals surface area contributed by atoms with Crippen molar-refractivity contribution >= 4 is 33.4 Å². The molecular weight excluding hydrogens is 307 g/mol. The number of ether oxygens (including phenoxy) is 1. The van der Waals surface area contributed by atoms with Gasteiger partial charge < -0.3 is 9.30 Å². The average Bonchev–Trinajstić information content (AvgIpc) is 2.78. The van der Waals surface area contributed by atoms with Crippen LogP contribution < -0.4 is 4.80 Å². The van der Waals surface area contributed by atoms with Crippen LogP contribution in [-0.4, -0.2) is 23.1 Å². The number of nitrogens with zero attached hydrogens (tertiary/aromatic N) is 2. The van der Waals surface area contributed by atoms with E-state index in [9.17, 15) is 14.0 Å². The standard InChI is InChI=1S/C15H17FN2O3S/c1-3-6-12(19)17-15-18(9-13(20)21-4-2)14-10(16)7-5-8-11(14)22-15/h5,7-8H,3-4,6,9H2,1-2H3. The molecule has 0 aliphatic carbocycles. The summed E-state index contributed by atoms with van der Waals surface area (Å²) in [5.41, 5.74) is 0.267. The molecule has 22 heavy (non-hydrogen) atoms. The number of fused-ring (bicyclic) bond motifs is 1. The minimum absolute atomic E-state index is 0.174. The SMILES string of the molecule is CCCC(=O)N=c1sc2cccc(F)c2n1CC(=O)OCC. The molecule has 1 aromatic carbocycles. The lowest BCUT2D eigenvalue weighted by Crippen LogP contribution is -2.23. The molecule has 0 unspecified atom stereocenters. The van der Waals surface area contributed by atoms with Crippen LogP contribution in [0.3, 0.4) is 0 Å². The fourth-order valence-corrected chi connectivity index (χ4v) is 3.09. The number of thiazole rings is 1. The van der Waals surface area contributed by atoms with E-state index in [0.717, 1.165) is 0 Å². The van der Waals surface area contributed by atoms with Crippen molar-refractivity contribution < 1.29 is 18.7 Å². The number of aromatic nitrogens is 1. The van der Waals surface area contributed by atoms with E-state index >= 15 is 0 Å². The predicted octanol–water partition coefficient (Wildman–Crippen LogP) is 2.63. The molecule has 5 nitrogen and oxygen atoms in total. The molecule has 2 rings (SSSR count). The van der Waals surface area contributed by atoms with E-state index in [1.54, 1.807) is 19.1 Å². The van der Waals surface area contributed by atoms with Crippen molar-refractivity contribution in [2.45, 2.75) is 33.2 Å². The van der Waals surface area contributed by atoms with Gasteiger partial charge >= 0.3 is 5.97 Å². The number of esters is 1. The van der Waals surface area contributed by atoms with E-state index in [4.69, 9.17) is 4.74 Å². The van der Waals surface area contributed by atoms with E-state index in [1.807, 2.05) is 6.92 Å². The molecular formula is C15H17FN2O3S. The van der Waals surface area contributed by atoms with Gasteiger partial charge in [-0.15, -0.1) is 0 Å². The molecule has 1 aromatic heterocycles. The first-order valence-electron chi connectivity index (χ1n) is 7.07. The first-order valence-corrected chi connectivity index (χ1v) is 7.89. The van der Waals surface area contributed by atoms with Crippen LogP contribution in [0.1, 0.15) is 26.7 Å². The maximum atomic E-state index is 14.1. The number of amides is 1. The van der Waals surface area contributed by atoms with E-state index in [-0.39, 0.29) is 24.6 Å². The van der Waals surface area contributed by atoms with E-state index in [0.29, 0.717) is 22.3 Å². The third kappa shape index (κ3) is 3.59. The maximum absolute atomic E-state index is 14.1. The van der Waals surface area contributed by atoms with Gasteiger partial charge in [-0.1, -0.05) is 24.3 Å². The van der Waals surface area contributed by atoms with E-state index < -0.39 is 11.8 Å². The Morgan fingerprint density at radius 1 is 1.36 bits per heavy atom. The molecule has 0 aliphatic heterocycles. The number of carbonyl (C=O) groups is 2. The van der Waals surface area contributed by atoms with Crippen LogP contribution in [0.15, 0.2) is 23.2 Å². The highest BCUT2D eigenvalue weighted by atomic mass is 32.1. The first kappa shape index (κ1) is 16.4. The average molecular weight is 324 g/mol. The van der Waals surface area contributed by atoms with Crippen molar-refractivity contribution in [3.63, 3.8) is 0 Å². The van der Waals surface area contributed by atoms with E-state index in [2.05, 4.69) is 4.99 Å². The molecule has 0 N–H and O–H groups in total. The number of halogens is 1. The van der Waals surface area contributed by atoms with Crippen LogP contribution in [0.2, 0.25) is 0 Å². The monoisotopic (exact) mass is 324 g/mol. The molecule has 0 spiro atoms. The minimum atomic E-state index is -0.491. The zero-order valence-electron chi connectivity index (χ0n) is 12.5. The molecule has 118 valence electrons. The summed E-state index contributed by atoms with van der Waals surface area (Å²) >= 11 is 1.18. The van der Waals surface area contributed by atoms with Crippen LogP contribution >= 0.6 is 11.3 Å². The molecule has 1 amide bonds. The Bertz CT molecular complexity index is 764. The summed E-state index contributed by atoms with van der Waals surface area (Å²) in [5, 5.41) is 0. The van der Waals surface area contributed by atoms with Gasteiger partial charge in [0.25, 0.3) is 0 Å². The van der Waals surface area contributed by atoms with Gasteiger partial charge in [0.05, 0.1) is 16.8 Å². The molecule has 7 heteroatoms. The van der Waals surface area contributed by atoms with Crippen molar-refractivity contribution in [1.29, 1.82) is 0 Å². The first-order chi connectivity index (χ1) is 10.6. The second-order valence-corrected chi connectivity index (χ2v) is 5.63. The number of hydrogen-bond acceptors (Lipinski definition) is 4. The molecule has 0 saturated carbocycles. The van der Waals surface area contributed by atoms with Gasteiger partial charge in [-0.3, -0.25) is 9.59 Å². The molecule has 0 radical (unpaired) electrons. The van der Waals surface area contributed by atoms with Crippen LogP contribution in [0, 0.1) is 5.82 Å². The van der Waals surface area contributed by atoms with Crippen molar-refractivity contribution in [1.82, 2.24) is 4.57 Å². The normalized spacial score (nSPS) is 11.9. The Morgan fingerprint density at radius 3 is 2.82 bits per heavy atom. The highest BCUT2D eigenvalue weighted by molar-refractivity contribution is 7.16. The maximum Gasteiger partial charge on any atom is 0.326 e. The Kier molecular flexibility index (Phi) is 5.43. The van der Waals surface area contributed by atoms with Crippen molar-refractivity contribution in [3.8, 4) is 0 Å². The number of benzene rings is 1. The zero-order chi connectivity index (χ0) is 16.1. The number of carbonyl (C=O) groups excluding carboxylic acids is 2. The number of rotatable bonds is 5. The topological polar surface area (TPSA) is 60.7 Å². The summed E-state index contributed by atoms with van der Waals surface area (Å²) in [5.74, 6) is -1.23. The Labute approximate surface area is 131 Å². The summed E-state index contributed by atoms with van der Waals surface area (Å²) < 4.78 is 21.0. The molecule has 0 saturated heterocycles. The molecule has 0 fully saturated rings. The van der Waals surface area contributed by atoms with Crippen molar-refractivity contribution in [3.05, 3.63) is 28.8 Å². The largest absolute Gasteiger partial charge is 0.465 e. The summed E-state index contributed by atoms with van der Waals surface area (Å²) in [4.78, 5) is 27.8. The lowest BCUT2D eigenvalue weighted by molar-refractivity contribution is -0.143. The smallest absolute Gasteiger partial charge is 0.326 e. The summed E-state index contributed by atoms with van der Waals surface area (Å²) in [6, 6.07) is 4.63. The minimum Gasteiger partial charge on any atom is -0.465 e. The van der Waals surface area contributed by atoms with Gasteiger partial charge in [0.15, 0.2) is 4.80 Å². The van der Waals surface area contributed by atoms with E-state index in [1.165, 1.54) is 22.0 Å². The molecule has 1 heterocycles. The lowest BCUT2D eigenvalue weighted by Gasteiger charge is -2.05. The molecule has 2 aromatic rings. The fraction of sp³-hybridized carbons (Fsp3) is 0.400. The number of para-hydroxylation sites is 1. The van der Waals surface area contributed by atoms with Crippen LogP contribution in [-0.2, 0) is 20.9 Å². The van der Waals surface area contributed by atoms with Gasteiger partial charge in [0.1, 0.15) is 12.4 Å². The Morgan fingerprint density at radius 2 is 2.14 bits per heavy atom. The highest BCUT2D eigenvalue weighted by Gasteiger charge is 2.14. The molecule has 0 bridgehead atoms. The lowest BCUT2D eigenvalue weighted by atomic mass is 10.3. The number of hydrogen-bond donors (Lipinski definition) is 0. The third-order valence-electron chi connectivity index (χ3n) is 2.93. The zero-order valence-corrected chi connectivity index (χ0v) is 13.3. The third-order valence-corrected chi connectivity index (χ3v) is 3.97. The second-order valence-electron chi connectivity index (χ2n) is 4.62. The quantitative estimate of drug-likeness (QED) is 0.794. The highest BCUT2D eigenvalue weighted by Crippen LogP contribution is 2.20. The van der Waals surface area contributed by atoms with Gasteiger partial charge in [0, 0.05) is 6.42 Å². The van der Waals surface area contributed by atoms with Crippen LogP contribution in [0.4, 0.5) is 4.39 Å². The van der Waals surface area contributed by atoms with Crippen molar-refractivity contribution in [2.75, 3.05) is 6.61 Å². The molecule has 0 aliphatic rings. The second kappa shape index (κ2) is 7.31. The van der Waals surface area contributed by atoms with Gasteiger partial charge in [-0.25, -0.2) is 4.39 Å². The van der Waals surface area contributed by atoms with Crippen LogP contribution in [0.25, 0.3) is 10.2 Å². The Hall–Kier alpha value is -2.02. The van der Waals surface area contributed by atoms with Crippen molar-refractivity contribution in [2.24, 2.45) is 4.99 Å². The van der Waals surface area contributed by atoms with Gasteiger partial charge in [-0.05, 0) is 25.5 Å². The summed E-state index contributed by atoms with van der Waals surface area (Å²) in [6.07, 6.45) is 0.996.